The molecule has 144 valence electrons. The summed E-state index contributed by atoms with van der Waals surface area (Å²) in [6, 6.07) is 4.18. The molecule has 0 radical (unpaired) electrons. The van der Waals surface area contributed by atoms with Gasteiger partial charge in [-0.2, -0.15) is 0 Å². The maximum atomic E-state index is 12.7. The number of nitrogens with zero attached hydrogens (tertiary/aromatic N) is 1. The second kappa shape index (κ2) is 7.94. The molecule has 2 atom stereocenters. The monoisotopic (exact) mass is 383 g/mol. The van der Waals surface area contributed by atoms with Crippen molar-refractivity contribution in [3.05, 3.63) is 18.2 Å². The number of benzene rings is 1. The summed E-state index contributed by atoms with van der Waals surface area (Å²) in [6.07, 6.45) is 0.457. The third-order valence-corrected chi connectivity index (χ3v) is 6.12. The van der Waals surface area contributed by atoms with Crippen LogP contribution in [0.5, 0.6) is 5.75 Å². The summed E-state index contributed by atoms with van der Waals surface area (Å²) in [5.41, 5.74) is 1.14. The number of hydrogen-bond donors (Lipinski definition) is 2. The van der Waals surface area contributed by atoms with E-state index in [2.05, 4.69) is 10.6 Å². The number of nitrogens with one attached hydrogen (secondary N) is 2. The number of sulfone groups is 1. The van der Waals surface area contributed by atoms with Crippen molar-refractivity contribution in [3.63, 3.8) is 0 Å². The van der Waals surface area contributed by atoms with Crippen LogP contribution in [-0.2, 0) is 19.4 Å². The Balaban J connectivity index is 2.11. The highest BCUT2D eigenvalue weighted by Crippen LogP contribution is 2.29. The molecule has 26 heavy (non-hydrogen) atoms. The first kappa shape index (κ1) is 20.0. The van der Waals surface area contributed by atoms with Gasteiger partial charge in [-0.25, -0.2) is 8.42 Å². The summed E-state index contributed by atoms with van der Waals surface area (Å²) in [5.74, 6) is 0.240. The SMILES string of the molecule is COc1ccc(NC(C)=O)cc1N[C@@H](C)C(=O)N(C)[C@H]1CCS(=O)(=O)C1. The Hall–Kier alpha value is -2.29. The number of carbonyl (C=O) groups is 2. The molecule has 8 nitrogen and oxygen atoms in total. The number of amides is 2. The predicted molar refractivity (Wildman–Crippen MR) is 100 cm³/mol. The van der Waals surface area contributed by atoms with E-state index in [1.165, 1.54) is 18.9 Å². The summed E-state index contributed by atoms with van der Waals surface area (Å²) < 4.78 is 28.6. The minimum Gasteiger partial charge on any atom is -0.495 e. The van der Waals surface area contributed by atoms with Crippen molar-refractivity contribution >= 4 is 33.0 Å². The molecule has 1 aromatic rings. The van der Waals surface area contributed by atoms with Gasteiger partial charge in [0.05, 0.1) is 24.3 Å². The van der Waals surface area contributed by atoms with Crippen LogP contribution in [0.25, 0.3) is 0 Å². The molecule has 1 aliphatic heterocycles. The zero-order chi connectivity index (χ0) is 19.5. The van der Waals surface area contributed by atoms with Gasteiger partial charge in [-0.1, -0.05) is 0 Å². The van der Waals surface area contributed by atoms with E-state index >= 15 is 0 Å². The van der Waals surface area contributed by atoms with Gasteiger partial charge in [-0.3, -0.25) is 9.59 Å². The molecule has 1 heterocycles. The summed E-state index contributed by atoms with van der Waals surface area (Å²) in [5, 5.41) is 5.76. The Kier molecular flexibility index (Phi) is 6.12. The summed E-state index contributed by atoms with van der Waals surface area (Å²) in [7, 11) is 0.0756. The number of hydrogen-bond acceptors (Lipinski definition) is 6. The molecule has 1 aliphatic rings. The van der Waals surface area contributed by atoms with Crippen LogP contribution in [0.15, 0.2) is 18.2 Å². The Labute approximate surface area is 153 Å². The van der Waals surface area contributed by atoms with Crippen LogP contribution in [0, 0.1) is 0 Å². The molecule has 2 rings (SSSR count). The molecule has 0 aromatic heterocycles. The molecule has 0 bridgehead atoms. The first-order chi connectivity index (χ1) is 12.1. The number of carbonyl (C=O) groups excluding carboxylic acids is 2. The number of methoxy groups -OCH3 is 1. The lowest BCUT2D eigenvalue weighted by atomic mass is 10.2. The minimum absolute atomic E-state index is 0.00327. The largest absolute Gasteiger partial charge is 0.495 e. The van der Waals surface area contributed by atoms with E-state index in [1.807, 2.05) is 0 Å². The smallest absolute Gasteiger partial charge is 0.244 e. The molecule has 0 spiro atoms. The van der Waals surface area contributed by atoms with Crippen molar-refractivity contribution < 1.29 is 22.7 Å². The van der Waals surface area contributed by atoms with Crippen LogP contribution in [0.3, 0.4) is 0 Å². The fourth-order valence-corrected chi connectivity index (χ4v) is 4.74. The Morgan fingerprint density at radius 3 is 2.58 bits per heavy atom. The Morgan fingerprint density at radius 2 is 2.04 bits per heavy atom. The molecule has 0 unspecified atom stereocenters. The number of anilines is 2. The molecule has 0 aliphatic carbocycles. The predicted octanol–water partition coefficient (Wildman–Crippen LogP) is 1.10. The van der Waals surface area contributed by atoms with Crippen LogP contribution in [0.4, 0.5) is 11.4 Å². The van der Waals surface area contributed by atoms with Crippen LogP contribution in [0.2, 0.25) is 0 Å². The third-order valence-electron chi connectivity index (χ3n) is 4.37. The summed E-state index contributed by atoms with van der Waals surface area (Å²) in [4.78, 5) is 25.4. The topological polar surface area (TPSA) is 105 Å². The van der Waals surface area contributed by atoms with Gasteiger partial charge in [-0.15, -0.1) is 0 Å². The maximum absolute atomic E-state index is 12.7. The average molecular weight is 383 g/mol. The number of ether oxygens (including phenoxy) is 1. The van der Waals surface area contributed by atoms with Crippen LogP contribution in [0.1, 0.15) is 20.3 Å². The lowest BCUT2D eigenvalue weighted by Crippen LogP contribution is -2.45. The highest BCUT2D eigenvalue weighted by Gasteiger charge is 2.34. The van der Waals surface area contributed by atoms with Gasteiger partial charge >= 0.3 is 0 Å². The van der Waals surface area contributed by atoms with Gasteiger partial charge < -0.3 is 20.3 Å². The van der Waals surface area contributed by atoms with Gasteiger partial charge in [0.15, 0.2) is 9.84 Å². The van der Waals surface area contributed by atoms with Crippen molar-refractivity contribution in [1.29, 1.82) is 0 Å². The van der Waals surface area contributed by atoms with Crippen molar-refractivity contribution in [1.82, 2.24) is 4.90 Å². The van der Waals surface area contributed by atoms with Crippen molar-refractivity contribution in [2.24, 2.45) is 0 Å². The quantitative estimate of drug-likeness (QED) is 0.762. The molecular formula is C17H25N3O5S. The van der Waals surface area contributed by atoms with Crippen LogP contribution in [-0.4, -0.2) is 62.9 Å². The third kappa shape index (κ3) is 4.87. The summed E-state index contributed by atoms with van der Waals surface area (Å²) >= 11 is 0. The molecule has 1 fully saturated rings. The second-order valence-electron chi connectivity index (χ2n) is 6.47. The van der Waals surface area contributed by atoms with E-state index in [4.69, 9.17) is 4.74 Å². The molecule has 2 N–H and O–H groups in total. The van der Waals surface area contributed by atoms with Gasteiger partial charge in [-0.05, 0) is 31.5 Å². The normalized spacial score (nSPS) is 19.5. The van der Waals surface area contributed by atoms with Crippen LogP contribution >= 0.6 is 0 Å². The van der Waals surface area contributed by atoms with E-state index in [0.717, 1.165) is 0 Å². The van der Waals surface area contributed by atoms with E-state index in [9.17, 15) is 18.0 Å². The average Bonchev–Trinajstić information content (AvgIpc) is 2.93. The second-order valence-corrected chi connectivity index (χ2v) is 8.70. The first-order valence-electron chi connectivity index (χ1n) is 8.32. The fourth-order valence-electron chi connectivity index (χ4n) is 2.96. The number of rotatable bonds is 6. The Morgan fingerprint density at radius 1 is 1.35 bits per heavy atom. The van der Waals surface area contributed by atoms with Gasteiger partial charge in [0.25, 0.3) is 0 Å². The summed E-state index contributed by atoms with van der Waals surface area (Å²) in [6.45, 7) is 3.11. The van der Waals surface area contributed by atoms with Crippen molar-refractivity contribution in [3.8, 4) is 5.75 Å². The standard InChI is InChI=1S/C17H25N3O5S/c1-11(17(22)20(3)14-7-8-26(23,24)10-14)18-15-9-13(19-12(2)21)5-6-16(15)25-4/h5-6,9,11,14,18H,7-8,10H2,1-4H3,(H,19,21)/t11-,14-/m0/s1. The first-order valence-corrected chi connectivity index (χ1v) is 10.1. The van der Waals surface area contributed by atoms with E-state index in [1.54, 1.807) is 32.2 Å². The highest BCUT2D eigenvalue weighted by atomic mass is 32.2. The molecule has 0 saturated carbocycles. The lowest BCUT2D eigenvalue weighted by molar-refractivity contribution is -0.132. The lowest BCUT2D eigenvalue weighted by Gasteiger charge is -2.27. The van der Waals surface area contributed by atoms with E-state index in [-0.39, 0.29) is 29.4 Å². The zero-order valence-corrected chi connectivity index (χ0v) is 16.2. The van der Waals surface area contributed by atoms with Gasteiger partial charge in [0.1, 0.15) is 11.8 Å². The molecule has 1 saturated heterocycles. The van der Waals surface area contributed by atoms with Crippen molar-refractivity contribution in [2.75, 3.05) is 36.3 Å². The highest BCUT2D eigenvalue weighted by molar-refractivity contribution is 7.91. The number of likely N-dealkylation sites (N-methyl/N-ethyl adjacent to an activating group) is 1. The maximum Gasteiger partial charge on any atom is 0.244 e. The van der Waals surface area contributed by atoms with Gasteiger partial charge in [0.2, 0.25) is 11.8 Å². The zero-order valence-electron chi connectivity index (χ0n) is 15.4. The van der Waals surface area contributed by atoms with E-state index in [0.29, 0.717) is 23.5 Å². The molecule has 9 heteroatoms. The molecule has 1 aromatic carbocycles. The van der Waals surface area contributed by atoms with Crippen LogP contribution < -0.4 is 15.4 Å². The van der Waals surface area contributed by atoms with E-state index < -0.39 is 15.9 Å². The molecule has 2 amide bonds. The fraction of sp³-hybridized carbons (Fsp3) is 0.529. The minimum atomic E-state index is -3.06. The van der Waals surface area contributed by atoms with Crippen molar-refractivity contribution in [2.45, 2.75) is 32.4 Å². The molecular weight excluding hydrogens is 358 g/mol. The van der Waals surface area contributed by atoms with Gasteiger partial charge in [0, 0.05) is 25.7 Å². The Bertz CT molecular complexity index is 794.